The van der Waals surface area contributed by atoms with Crippen molar-refractivity contribution < 1.29 is 23.9 Å². The normalized spacial score (nSPS) is 11.2. The average Bonchev–Trinajstić information content (AvgIpc) is 2.82. The number of esters is 1. The second-order valence-corrected chi connectivity index (χ2v) is 7.40. The maximum Gasteiger partial charge on any atom is 0.328 e. The Morgan fingerprint density at radius 3 is 2.30 bits per heavy atom. The Bertz CT molecular complexity index is 1110. The molecule has 0 unspecified atom stereocenters. The van der Waals surface area contributed by atoms with Crippen molar-refractivity contribution in [2.45, 2.75) is 26.0 Å². The molecule has 1 atom stereocenters. The van der Waals surface area contributed by atoms with Gasteiger partial charge in [-0.15, -0.1) is 0 Å². The largest absolute Gasteiger partial charge is 0.489 e. The highest BCUT2D eigenvalue weighted by atomic mass is 16.5. The first-order valence-corrected chi connectivity index (χ1v) is 10.5. The first-order valence-electron chi connectivity index (χ1n) is 10.5. The van der Waals surface area contributed by atoms with Crippen LogP contribution in [0.4, 0.5) is 5.69 Å². The lowest BCUT2D eigenvalue weighted by atomic mass is 10.0. The molecule has 3 rings (SSSR count). The molecular weight excluding hydrogens is 420 g/mol. The van der Waals surface area contributed by atoms with Crippen molar-refractivity contribution in [1.82, 2.24) is 5.32 Å². The van der Waals surface area contributed by atoms with Gasteiger partial charge in [-0.2, -0.15) is 0 Å². The third kappa shape index (κ3) is 6.93. The minimum Gasteiger partial charge on any atom is -0.489 e. The molecule has 33 heavy (non-hydrogen) atoms. The summed E-state index contributed by atoms with van der Waals surface area (Å²) in [6.07, 6.45) is 0.212. The SMILES string of the molecule is COC(=O)[C@H](Cc1cccc(OCc2ccccc2)c1)NC(=O)c1ccccc1NC(C)=O. The molecule has 3 aromatic carbocycles. The van der Waals surface area contributed by atoms with Crippen LogP contribution in [-0.4, -0.2) is 30.9 Å². The highest BCUT2D eigenvalue weighted by Gasteiger charge is 2.24. The van der Waals surface area contributed by atoms with Gasteiger partial charge < -0.3 is 20.1 Å². The first-order chi connectivity index (χ1) is 16.0. The van der Waals surface area contributed by atoms with Crippen LogP contribution in [-0.2, 0) is 27.4 Å². The number of anilines is 1. The summed E-state index contributed by atoms with van der Waals surface area (Å²) in [4.78, 5) is 36.8. The molecule has 0 heterocycles. The van der Waals surface area contributed by atoms with Crippen LogP contribution < -0.4 is 15.4 Å². The molecule has 0 fully saturated rings. The van der Waals surface area contributed by atoms with E-state index in [-0.39, 0.29) is 17.9 Å². The van der Waals surface area contributed by atoms with Gasteiger partial charge in [0.2, 0.25) is 5.91 Å². The zero-order valence-electron chi connectivity index (χ0n) is 18.5. The van der Waals surface area contributed by atoms with Gasteiger partial charge in [0.1, 0.15) is 18.4 Å². The van der Waals surface area contributed by atoms with Gasteiger partial charge >= 0.3 is 5.97 Å². The minimum atomic E-state index is -0.919. The summed E-state index contributed by atoms with van der Waals surface area (Å²) in [7, 11) is 1.27. The lowest BCUT2D eigenvalue weighted by molar-refractivity contribution is -0.142. The number of benzene rings is 3. The molecule has 2 amide bonds. The molecule has 0 aliphatic heterocycles. The fourth-order valence-corrected chi connectivity index (χ4v) is 3.29. The number of methoxy groups -OCH3 is 1. The minimum absolute atomic E-state index is 0.212. The molecule has 3 aromatic rings. The van der Waals surface area contributed by atoms with Crippen LogP contribution in [0.1, 0.15) is 28.4 Å². The Morgan fingerprint density at radius 1 is 0.879 bits per heavy atom. The Hall–Kier alpha value is -4.13. The van der Waals surface area contributed by atoms with E-state index >= 15 is 0 Å². The smallest absolute Gasteiger partial charge is 0.328 e. The summed E-state index contributed by atoms with van der Waals surface area (Å²) in [5.74, 6) is -0.711. The van der Waals surface area contributed by atoms with Gasteiger partial charge in [-0.25, -0.2) is 4.79 Å². The average molecular weight is 447 g/mol. The predicted molar refractivity (Wildman–Crippen MR) is 125 cm³/mol. The predicted octanol–water partition coefficient (Wildman–Crippen LogP) is 3.74. The number of para-hydroxylation sites is 1. The maximum absolute atomic E-state index is 12.9. The highest BCUT2D eigenvalue weighted by molar-refractivity contribution is 6.04. The van der Waals surface area contributed by atoms with Crippen LogP contribution in [0.25, 0.3) is 0 Å². The number of rotatable bonds is 9. The summed E-state index contributed by atoms with van der Waals surface area (Å²) in [6, 6.07) is 22.8. The van der Waals surface area contributed by atoms with Crippen LogP contribution in [0.5, 0.6) is 5.75 Å². The van der Waals surface area contributed by atoms with Crippen molar-refractivity contribution in [1.29, 1.82) is 0 Å². The molecule has 0 aliphatic rings. The van der Waals surface area contributed by atoms with Crippen molar-refractivity contribution in [3.8, 4) is 5.75 Å². The molecule has 0 spiro atoms. The fraction of sp³-hybridized carbons (Fsp3) is 0.192. The molecule has 7 nitrogen and oxygen atoms in total. The van der Waals surface area contributed by atoms with E-state index in [1.165, 1.54) is 14.0 Å². The van der Waals surface area contributed by atoms with Crippen LogP contribution >= 0.6 is 0 Å². The molecule has 0 radical (unpaired) electrons. The third-order valence-electron chi connectivity index (χ3n) is 4.86. The number of carbonyl (C=O) groups is 3. The summed E-state index contributed by atoms with van der Waals surface area (Å²) < 4.78 is 10.8. The van der Waals surface area contributed by atoms with E-state index in [9.17, 15) is 14.4 Å². The van der Waals surface area contributed by atoms with Crippen LogP contribution in [0.2, 0.25) is 0 Å². The standard InChI is InChI=1S/C26H26N2O5/c1-18(29)27-23-14-7-6-13-22(23)25(30)28-24(26(31)32-2)16-20-11-8-12-21(15-20)33-17-19-9-4-3-5-10-19/h3-15,24H,16-17H2,1-2H3,(H,27,29)(H,28,30)/t24-/m0/s1. The first kappa shape index (κ1) is 23.5. The number of amides is 2. The van der Waals surface area contributed by atoms with Gasteiger partial charge in [0, 0.05) is 13.3 Å². The number of ether oxygens (including phenoxy) is 2. The van der Waals surface area contributed by atoms with E-state index in [1.54, 1.807) is 24.3 Å². The van der Waals surface area contributed by atoms with Gasteiger partial charge in [0.15, 0.2) is 0 Å². The van der Waals surface area contributed by atoms with Crippen molar-refractivity contribution in [2.75, 3.05) is 12.4 Å². The molecule has 0 aromatic heterocycles. The van der Waals surface area contributed by atoms with Gasteiger partial charge in [0.05, 0.1) is 18.4 Å². The molecular formula is C26H26N2O5. The summed E-state index contributed by atoms with van der Waals surface area (Å²) >= 11 is 0. The Morgan fingerprint density at radius 2 is 1.58 bits per heavy atom. The number of hydrogen-bond acceptors (Lipinski definition) is 5. The van der Waals surface area contributed by atoms with Crippen LogP contribution in [0, 0.1) is 0 Å². The maximum atomic E-state index is 12.9. The van der Waals surface area contributed by atoms with Crippen molar-refractivity contribution in [3.05, 3.63) is 95.6 Å². The summed E-state index contributed by atoms with van der Waals surface area (Å²) in [5, 5.41) is 5.34. The van der Waals surface area contributed by atoms with Crippen molar-refractivity contribution >= 4 is 23.5 Å². The summed E-state index contributed by atoms with van der Waals surface area (Å²) in [5.41, 5.74) is 2.45. The lowest BCUT2D eigenvalue weighted by Crippen LogP contribution is -2.43. The number of hydrogen-bond donors (Lipinski definition) is 2. The zero-order valence-corrected chi connectivity index (χ0v) is 18.5. The van der Waals surface area contributed by atoms with E-state index in [2.05, 4.69) is 10.6 Å². The van der Waals surface area contributed by atoms with E-state index in [1.807, 2.05) is 54.6 Å². The summed E-state index contributed by atoms with van der Waals surface area (Å²) in [6.45, 7) is 1.78. The van der Waals surface area contributed by atoms with E-state index in [4.69, 9.17) is 9.47 Å². The van der Waals surface area contributed by atoms with Gasteiger partial charge in [-0.1, -0.05) is 54.6 Å². The Labute approximate surface area is 192 Å². The molecule has 2 N–H and O–H groups in total. The second kappa shape index (κ2) is 11.5. The van der Waals surface area contributed by atoms with Crippen LogP contribution in [0.15, 0.2) is 78.9 Å². The molecule has 0 bridgehead atoms. The molecule has 0 saturated heterocycles. The van der Waals surface area contributed by atoms with Crippen LogP contribution in [0.3, 0.4) is 0 Å². The van der Waals surface area contributed by atoms with Crippen molar-refractivity contribution in [2.24, 2.45) is 0 Å². The molecule has 7 heteroatoms. The fourth-order valence-electron chi connectivity index (χ4n) is 3.29. The number of nitrogens with one attached hydrogen (secondary N) is 2. The van der Waals surface area contributed by atoms with Gasteiger partial charge in [-0.3, -0.25) is 9.59 Å². The van der Waals surface area contributed by atoms with Gasteiger partial charge in [-0.05, 0) is 35.4 Å². The lowest BCUT2D eigenvalue weighted by Gasteiger charge is -2.18. The quantitative estimate of drug-likeness (QED) is 0.489. The highest BCUT2D eigenvalue weighted by Crippen LogP contribution is 2.18. The zero-order chi connectivity index (χ0) is 23.6. The van der Waals surface area contributed by atoms with E-state index < -0.39 is 17.9 Å². The van der Waals surface area contributed by atoms with E-state index in [0.717, 1.165) is 11.1 Å². The Kier molecular flexibility index (Phi) is 8.18. The second-order valence-electron chi connectivity index (χ2n) is 7.40. The molecule has 0 aliphatic carbocycles. The Balaban J connectivity index is 1.72. The molecule has 170 valence electrons. The van der Waals surface area contributed by atoms with Gasteiger partial charge in [0.25, 0.3) is 5.91 Å². The topological polar surface area (TPSA) is 93.7 Å². The van der Waals surface area contributed by atoms with E-state index in [0.29, 0.717) is 18.0 Å². The third-order valence-corrected chi connectivity index (χ3v) is 4.86. The monoisotopic (exact) mass is 446 g/mol. The molecule has 0 saturated carbocycles. The number of carbonyl (C=O) groups excluding carboxylic acids is 3. The van der Waals surface area contributed by atoms with Crippen molar-refractivity contribution in [3.63, 3.8) is 0 Å².